The Morgan fingerprint density at radius 2 is 2.21 bits per heavy atom. The monoisotopic (exact) mass is 322 g/mol. The lowest BCUT2D eigenvalue weighted by Gasteiger charge is -2.25. The van der Waals surface area contributed by atoms with E-state index in [9.17, 15) is 0 Å². The lowest BCUT2D eigenvalue weighted by Crippen LogP contribution is -2.30. The Morgan fingerprint density at radius 1 is 1.42 bits per heavy atom. The first-order valence-electron chi connectivity index (χ1n) is 7.02. The van der Waals surface area contributed by atoms with Gasteiger partial charge in [-0.3, -0.25) is 0 Å². The first-order chi connectivity index (χ1) is 9.29. The molecule has 1 aliphatic rings. The van der Waals surface area contributed by atoms with Crippen molar-refractivity contribution >= 4 is 27.1 Å². The molecule has 102 valence electrons. The van der Waals surface area contributed by atoms with E-state index in [2.05, 4.69) is 43.8 Å². The lowest BCUT2D eigenvalue weighted by molar-refractivity contribution is 0.365. The Kier molecular flexibility index (Phi) is 3.84. The molecule has 1 saturated heterocycles. The average Bonchev–Trinajstić information content (AvgIpc) is 2.77. The van der Waals surface area contributed by atoms with Gasteiger partial charge in [-0.15, -0.1) is 0 Å². The van der Waals surface area contributed by atoms with Gasteiger partial charge in [-0.05, 0) is 54.3 Å². The van der Waals surface area contributed by atoms with E-state index in [0.717, 1.165) is 41.6 Å². The van der Waals surface area contributed by atoms with Gasteiger partial charge in [0.05, 0.1) is 0 Å². The normalized spacial score (nSPS) is 17.2. The minimum Gasteiger partial charge on any atom is -0.317 e. The quantitative estimate of drug-likeness (QED) is 0.944. The SMILES string of the molecule is CCCc1nc2cc(Br)cnc2n1C1CCNCC1. The van der Waals surface area contributed by atoms with Crippen LogP contribution in [0, 0.1) is 0 Å². The zero-order chi connectivity index (χ0) is 13.2. The number of hydrogen-bond acceptors (Lipinski definition) is 3. The number of pyridine rings is 1. The molecule has 0 saturated carbocycles. The molecule has 5 heteroatoms. The number of aromatic nitrogens is 3. The first kappa shape index (κ1) is 13.1. The molecule has 3 heterocycles. The molecule has 0 bridgehead atoms. The summed E-state index contributed by atoms with van der Waals surface area (Å²) in [6.45, 7) is 4.38. The Labute approximate surface area is 121 Å². The van der Waals surface area contributed by atoms with Crippen LogP contribution in [0.3, 0.4) is 0 Å². The van der Waals surface area contributed by atoms with E-state index in [1.807, 2.05) is 6.20 Å². The number of aryl methyl sites for hydroxylation is 1. The molecule has 1 fully saturated rings. The van der Waals surface area contributed by atoms with Gasteiger partial charge in [0.2, 0.25) is 0 Å². The number of fused-ring (bicyclic) bond motifs is 1. The summed E-state index contributed by atoms with van der Waals surface area (Å²) >= 11 is 3.48. The van der Waals surface area contributed by atoms with Gasteiger partial charge in [-0.25, -0.2) is 9.97 Å². The maximum Gasteiger partial charge on any atom is 0.160 e. The predicted octanol–water partition coefficient (Wildman–Crippen LogP) is 3.07. The zero-order valence-electron chi connectivity index (χ0n) is 11.2. The number of hydrogen-bond donors (Lipinski definition) is 1. The van der Waals surface area contributed by atoms with E-state index in [0.29, 0.717) is 6.04 Å². The second kappa shape index (κ2) is 5.59. The van der Waals surface area contributed by atoms with Crippen LogP contribution in [-0.4, -0.2) is 27.6 Å². The van der Waals surface area contributed by atoms with Crippen molar-refractivity contribution in [2.24, 2.45) is 0 Å². The van der Waals surface area contributed by atoms with Gasteiger partial charge in [-0.2, -0.15) is 0 Å². The van der Waals surface area contributed by atoms with Gasteiger partial charge < -0.3 is 9.88 Å². The molecule has 3 rings (SSSR count). The largest absolute Gasteiger partial charge is 0.317 e. The van der Waals surface area contributed by atoms with Crippen molar-refractivity contribution in [1.82, 2.24) is 19.9 Å². The Bertz CT molecular complexity index is 572. The minimum atomic E-state index is 0.543. The summed E-state index contributed by atoms with van der Waals surface area (Å²) in [5, 5.41) is 3.42. The summed E-state index contributed by atoms with van der Waals surface area (Å²) in [5.74, 6) is 1.19. The second-order valence-corrected chi connectivity index (χ2v) is 6.04. The average molecular weight is 323 g/mol. The highest BCUT2D eigenvalue weighted by atomic mass is 79.9. The molecule has 0 amide bonds. The van der Waals surface area contributed by atoms with E-state index < -0.39 is 0 Å². The highest BCUT2D eigenvalue weighted by Crippen LogP contribution is 2.27. The van der Waals surface area contributed by atoms with Gasteiger partial charge in [0.25, 0.3) is 0 Å². The summed E-state index contributed by atoms with van der Waals surface area (Å²) in [7, 11) is 0. The van der Waals surface area contributed by atoms with Crippen LogP contribution in [0.2, 0.25) is 0 Å². The highest BCUT2D eigenvalue weighted by molar-refractivity contribution is 9.10. The van der Waals surface area contributed by atoms with Gasteiger partial charge in [0.15, 0.2) is 5.65 Å². The fourth-order valence-electron chi connectivity index (χ4n) is 2.85. The third kappa shape index (κ3) is 2.54. The lowest BCUT2D eigenvalue weighted by atomic mass is 10.1. The third-order valence-electron chi connectivity index (χ3n) is 3.72. The molecule has 4 nitrogen and oxygen atoms in total. The van der Waals surface area contributed by atoms with Crippen LogP contribution < -0.4 is 5.32 Å². The van der Waals surface area contributed by atoms with E-state index in [1.54, 1.807) is 0 Å². The highest BCUT2D eigenvalue weighted by Gasteiger charge is 2.21. The Hall–Kier alpha value is -0.940. The van der Waals surface area contributed by atoms with Crippen molar-refractivity contribution in [3.63, 3.8) is 0 Å². The number of nitrogens with one attached hydrogen (secondary N) is 1. The predicted molar refractivity (Wildman–Crippen MR) is 80.4 cm³/mol. The molecule has 0 atom stereocenters. The summed E-state index contributed by atoms with van der Waals surface area (Å²) in [5.41, 5.74) is 2.05. The van der Waals surface area contributed by atoms with Crippen molar-refractivity contribution in [2.75, 3.05) is 13.1 Å². The maximum absolute atomic E-state index is 4.79. The summed E-state index contributed by atoms with van der Waals surface area (Å²) < 4.78 is 3.38. The van der Waals surface area contributed by atoms with E-state index >= 15 is 0 Å². The van der Waals surface area contributed by atoms with Gasteiger partial charge in [0.1, 0.15) is 11.3 Å². The summed E-state index contributed by atoms with van der Waals surface area (Å²) in [6, 6.07) is 2.61. The van der Waals surface area contributed by atoms with Crippen LogP contribution in [0.1, 0.15) is 38.1 Å². The molecule has 2 aromatic rings. The summed E-state index contributed by atoms with van der Waals surface area (Å²) in [4.78, 5) is 9.38. The molecule has 0 unspecified atom stereocenters. The standard InChI is InChI=1S/C14H19BrN4/c1-2-3-13-18-12-8-10(15)9-17-14(12)19(13)11-4-6-16-7-5-11/h8-9,11,16H,2-7H2,1H3. The zero-order valence-corrected chi connectivity index (χ0v) is 12.8. The Balaban J connectivity index is 2.09. The van der Waals surface area contributed by atoms with Gasteiger partial charge >= 0.3 is 0 Å². The van der Waals surface area contributed by atoms with Crippen LogP contribution in [0.4, 0.5) is 0 Å². The molecule has 2 aromatic heterocycles. The van der Waals surface area contributed by atoms with E-state index in [4.69, 9.17) is 4.98 Å². The van der Waals surface area contributed by atoms with Crippen LogP contribution >= 0.6 is 15.9 Å². The van der Waals surface area contributed by atoms with Crippen LogP contribution in [-0.2, 0) is 6.42 Å². The van der Waals surface area contributed by atoms with Crippen molar-refractivity contribution in [3.8, 4) is 0 Å². The Morgan fingerprint density at radius 3 is 2.95 bits per heavy atom. The summed E-state index contributed by atoms with van der Waals surface area (Å²) in [6.07, 6.45) is 6.35. The molecule has 0 aromatic carbocycles. The number of nitrogens with zero attached hydrogens (tertiary/aromatic N) is 3. The fourth-order valence-corrected chi connectivity index (χ4v) is 3.17. The van der Waals surface area contributed by atoms with Crippen LogP contribution in [0.5, 0.6) is 0 Å². The molecule has 1 N–H and O–H groups in total. The molecule has 1 aliphatic heterocycles. The van der Waals surface area contributed by atoms with Crippen molar-refractivity contribution in [3.05, 3.63) is 22.6 Å². The van der Waals surface area contributed by atoms with Crippen molar-refractivity contribution in [1.29, 1.82) is 0 Å². The minimum absolute atomic E-state index is 0.543. The molecular formula is C14H19BrN4. The van der Waals surface area contributed by atoms with E-state index in [1.165, 1.54) is 18.7 Å². The van der Waals surface area contributed by atoms with E-state index in [-0.39, 0.29) is 0 Å². The second-order valence-electron chi connectivity index (χ2n) is 5.13. The smallest absolute Gasteiger partial charge is 0.160 e. The number of imidazole rings is 1. The molecule has 19 heavy (non-hydrogen) atoms. The third-order valence-corrected chi connectivity index (χ3v) is 4.15. The van der Waals surface area contributed by atoms with Crippen LogP contribution in [0.15, 0.2) is 16.7 Å². The number of rotatable bonds is 3. The number of piperidine rings is 1. The maximum atomic E-state index is 4.79. The molecular weight excluding hydrogens is 304 g/mol. The molecule has 0 radical (unpaired) electrons. The number of halogens is 1. The van der Waals surface area contributed by atoms with Crippen molar-refractivity contribution in [2.45, 2.75) is 38.6 Å². The molecule has 0 spiro atoms. The molecule has 0 aliphatic carbocycles. The first-order valence-corrected chi connectivity index (χ1v) is 7.82. The van der Waals surface area contributed by atoms with Gasteiger partial charge in [0, 0.05) is 23.1 Å². The topological polar surface area (TPSA) is 42.7 Å². The fraction of sp³-hybridized carbons (Fsp3) is 0.571. The van der Waals surface area contributed by atoms with Crippen molar-refractivity contribution < 1.29 is 0 Å². The van der Waals surface area contributed by atoms with Gasteiger partial charge in [-0.1, -0.05) is 6.92 Å². The van der Waals surface area contributed by atoms with Crippen LogP contribution in [0.25, 0.3) is 11.2 Å².